The van der Waals surface area contributed by atoms with E-state index in [9.17, 15) is 0 Å². The van der Waals surface area contributed by atoms with Crippen molar-refractivity contribution in [3.05, 3.63) is 94.4 Å². The highest BCUT2D eigenvalue weighted by atomic mass is 16.4. The Bertz CT molecular complexity index is 882. The highest BCUT2D eigenvalue weighted by Crippen LogP contribution is 2.55. The molecule has 1 heterocycles. The molecule has 0 saturated heterocycles. The molecule has 0 amide bonds. The number of aliphatic hydroxyl groups is 1. The molecule has 3 aliphatic carbocycles. The van der Waals surface area contributed by atoms with E-state index in [2.05, 4.69) is 53.8 Å². The van der Waals surface area contributed by atoms with Crippen molar-refractivity contribution in [2.24, 2.45) is 5.92 Å². The van der Waals surface area contributed by atoms with Crippen molar-refractivity contribution in [1.82, 2.24) is 5.32 Å². The number of hydrogen-bond acceptors (Lipinski definition) is 3. The lowest BCUT2D eigenvalue weighted by atomic mass is 9.59. The van der Waals surface area contributed by atoms with Crippen molar-refractivity contribution in [2.75, 3.05) is 6.54 Å². The summed E-state index contributed by atoms with van der Waals surface area (Å²) in [6, 6.07) is 21.7. The summed E-state index contributed by atoms with van der Waals surface area (Å²) in [6.45, 7) is 1.64. The van der Waals surface area contributed by atoms with Crippen LogP contribution in [0.2, 0.25) is 0 Å². The minimum Gasteiger partial charge on any atom is -0.462 e. The van der Waals surface area contributed by atoms with Crippen LogP contribution in [0.5, 0.6) is 0 Å². The van der Waals surface area contributed by atoms with Gasteiger partial charge in [-0.15, -0.1) is 0 Å². The van der Waals surface area contributed by atoms with E-state index in [-0.39, 0.29) is 6.61 Å². The SMILES string of the molecule is OCc1ccc(CNC[C@@H]2CC3c4ccccc4C2c2ccccc23)o1. The molecule has 0 unspecified atom stereocenters. The summed E-state index contributed by atoms with van der Waals surface area (Å²) < 4.78 is 5.58. The molecule has 3 aliphatic rings. The van der Waals surface area contributed by atoms with Gasteiger partial charge in [0.1, 0.15) is 18.1 Å². The third-order valence-corrected chi connectivity index (χ3v) is 6.00. The molecule has 1 atom stereocenters. The molecule has 0 aliphatic heterocycles. The van der Waals surface area contributed by atoms with Gasteiger partial charge in [-0.1, -0.05) is 48.5 Å². The van der Waals surface area contributed by atoms with E-state index in [1.165, 1.54) is 28.7 Å². The van der Waals surface area contributed by atoms with Crippen LogP contribution in [0.4, 0.5) is 0 Å². The van der Waals surface area contributed by atoms with Gasteiger partial charge in [-0.3, -0.25) is 0 Å². The minimum absolute atomic E-state index is 0.0417. The Morgan fingerprint density at radius 1 is 0.846 bits per heavy atom. The fourth-order valence-electron chi connectivity index (χ4n) is 4.94. The topological polar surface area (TPSA) is 45.4 Å². The zero-order valence-corrected chi connectivity index (χ0v) is 14.7. The number of benzene rings is 2. The Labute approximate surface area is 153 Å². The van der Waals surface area contributed by atoms with Crippen LogP contribution in [0.1, 0.15) is 52.0 Å². The van der Waals surface area contributed by atoms with Gasteiger partial charge >= 0.3 is 0 Å². The summed E-state index contributed by atoms with van der Waals surface area (Å²) in [5.74, 6) is 3.10. The summed E-state index contributed by atoms with van der Waals surface area (Å²) in [7, 11) is 0. The number of aliphatic hydroxyl groups excluding tert-OH is 1. The monoisotopic (exact) mass is 345 g/mol. The second-order valence-corrected chi connectivity index (χ2v) is 7.44. The standard InChI is InChI=1S/C23H23NO2/c25-14-17-10-9-16(26-17)13-24-12-15-11-22-18-5-1-3-7-20(18)23(15)21-8-4-2-6-19(21)22/h1-10,15,22-25H,11-14H2/t15-,22?,23?/m0/s1. The van der Waals surface area contributed by atoms with Crippen molar-refractivity contribution < 1.29 is 9.52 Å². The molecule has 0 radical (unpaired) electrons. The van der Waals surface area contributed by atoms with Crippen molar-refractivity contribution >= 4 is 0 Å². The number of nitrogens with one attached hydrogen (secondary N) is 1. The Kier molecular flexibility index (Phi) is 3.92. The van der Waals surface area contributed by atoms with Crippen LogP contribution >= 0.6 is 0 Å². The van der Waals surface area contributed by atoms with E-state index in [1.54, 1.807) is 0 Å². The summed E-state index contributed by atoms with van der Waals surface area (Å²) in [4.78, 5) is 0. The van der Waals surface area contributed by atoms with E-state index < -0.39 is 0 Å². The summed E-state index contributed by atoms with van der Waals surface area (Å²) >= 11 is 0. The van der Waals surface area contributed by atoms with Gasteiger partial charge in [-0.05, 0) is 53.3 Å². The van der Waals surface area contributed by atoms with E-state index in [4.69, 9.17) is 9.52 Å². The third-order valence-electron chi connectivity index (χ3n) is 6.00. The fourth-order valence-corrected chi connectivity index (χ4v) is 4.94. The molecule has 3 nitrogen and oxygen atoms in total. The Balaban J connectivity index is 1.38. The van der Waals surface area contributed by atoms with Crippen molar-refractivity contribution in [1.29, 1.82) is 0 Å². The maximum absolute atomic E-state index is 9.12. The first-order valence-electron chi connectivity index (χ1n) is 9.42. The summed E-state index contributed by atoms with van der Waals surface area (Å²) in [6.07, 6.45) is 1.20. The molecule has 1 aromatic heterocycles. The zero-order valence-electron chi connectivity index (χ0n) is 14.7. The minimum atomic E-state index is -0.0417. The quantitative estimate of drug-likeness (QED) is 0.730. The van der Waals surface area contributed by atoms with E-state index >= 15 is 0 Å². The predicted molar refractivity (Wildman–Crippen MR) is 101 cm³/mol. The van der Waals surface area contributed by atoms with E-state index in [1.807, 2.05) is 12.1 Å². The van der Waals surface area contributed by atoms with Gasteiger partial charge in [0.15, 0.2) is 0 Å². The predicted octanol–water partition coefficient (Wildman–Crippen LogP) is 4.16. The molecule has 0 fully saturated rings. The molecule has 26 heavy (non-hydrogen) atoms. The van der Waals surface area contributed by atoms with Gasteiger partial charge in [0.2, 0.25) is 0 Å². The van der Waals surface area contributed by atoms with Gasteiger partial charge in [-0.2, -0.15) is 0 Å². The Morgan fingerprint density at radius 3 is 2.08 bits per heavy atom. The molecule has 6 rings (SSSR count). The lowest BCUT2D eigenvalue weighted by molar-refractivity contribution is 0.242. The Morgan fingerprint density at radius 2 is 1.46 bits per heavy atom. The highest BCUT2D eigenvalue weighted by Gasteiger charge is 2.42. The van der Waals surface area contributed by atoms with Crippen LogP contribution < -0.4 is 5.32 Å². The molecule has 2 N–H and O–H groups in total. The first-order valence-corrected chi connectivity index (χ1v) is 9.42. The number of hydrogen-bond donors (Lipinski definition) is 2. The molecule has 132 valence electrons. The second-order valence-electron chi connectivity index (χ2n) is 7.44. The molecule has 3 aromatic rings. The first-order chi connectivity index (χ1) is 12.8. The van der Waals surface area contributed by atoms with Crippen LogP contribution in [0.15, 0.2) is 65.1 Å². The number of rotatable bonds is 5. The second kappa shape index (κ2) is 6.42. The maximum atomic E-state index is 9.12. The van der Waals surface area contributed by atoms with Crippen LogP contribution in [-0.2, 0) is 13.2 Å². The molecule has 2 bridgehead atoms. The van der Waals surface area contributed by atoms with Gasteiger partial charge in [0.25, 0.3) is 0 Å². The lowest BCUT2D eigenvalue weighted by Crippen LogP contribution is -2.37. The average Bonchev–Trinajstić information content (AvgIpc) is 3.16. The number of furan rings is 1. The smallest absolute Gasteiger partial charge is 0.129 e. The van der Waals surface area contributed by atoms with Gasteiger partial charge in [0.05, 0.1) is 6.54 Å². The average molecular weight is 345 g/mol. The van der Waals surface area contributed by atoms with Crippen molar-refractivity contribution in [2.45, 2.75) is 31.4 Å². The van der Waals surface area contributed by atoms with Crippen molar-refractivity contribution in [3.8, 4) is 0 Å². The first kappa shape index (κ1) is 15.9. The van der Waals surface area contributed by atoms with Gasteiger partial charge < -0.3 is 14.8 Å². The molecule has 2 aromatic carbocycles. The van der Waals surface area contributed by atoms with Crippen LogP contribution in [0, 0.1) is 5.92 Å². The highest BCUT2D eigenvalue weighted by molar-refractivity contribution is 5.55. The molecular weight excluding hydrogens is 322 g/mol. The van der Waals surface area contributed by atoms with Crippen LogP contribution in [0.3, 0.4) is 0 Å². The Hall–Kier alpha value is -2.36. The maximum Gasteiger partial charge on any atom is 0.129 e. The molecular formula is C23H23NO2. The van der Waals surface area contributed by atoms with Crippen LogP contribution in [0.25, 0.3) is 0 Å². The molecule has 3 heteroatoms. The van der Waals surface area contributed by atoms with E-state index in [0.717, 1.165) is 12.3 Å². The lowest BCUT2D eigenvalue weighted by Gasteiger charge is -2.45. The largest absolute Gasteiger partial charge is 0.462 e. The van der Waals surface area contributed by atoms with Gasteiger partial charge in [0, 0.05) is 11.8 Å². The van der Waals surface area contributed by atoms with E-state index in [0.29, 0.717) is 30.1 Å². The molecule has 0 saturated carbocycles. The summed E-state index contributed by atoms with van der Waals surface area (Å²) in [5, 5.41) is 12.7. The van der Waals surface area contributed by atoms with Crippen LogP contribution in [-0.4, -0.2) is 11.7 Å². The summed E-state index contributed by atoms with van der Waals surface area (Å²) in [5.41, 5.74) is 6.06. The molecule has 0 spiro atoms. The fraction of sp³-hybridized carbons (Fsp3) is 0.304. The van der Waals surface area contributed by atoms with Gasteiger partial charge in [-0.25, -0.2) is 0 Å². The zero-order chi connectivity index (χ0) is 17.5. The number of fused-ring (bicyclic) bond motifs is 1. The third kappa shape index (κ3) is 2.51. The van der Waals surface area contributed by atoms with Crippen molar-refractivity contribution in [3.63, 3.8) is 0 Å². The normalized spacial score (nSPS) is 22.9.